The summed E-state index contributed by atoms with van der Waals surface area (Å²) in [5.74, 6) is -1.39. The summed E-state index contributed by atoms with van der Waals surface area (Å²) < 4.78 is 38.5. The third kappa shape index (κ3) is 3.35. The molecule has 0 bridgehead atoms. The topological polar surface area (TPSA) is 57.9 Å². The molecule has 0 heterocycles. The maximum Gasteiger partial charge on any atom is 0.182 e. The van der Waals surface area contributed by atoms with Crippen LogP contribution in [0.4, 0.5) is 4.39 Å². The normalized spacial score (nSPS) is 11.1. The number of sulfone groups is 1. The van der Waals surface area contributed by atoms with Crippen LogP contribution in [0.5, 0.6) is 0 Å². The molecular formula is C14H8Cl2FNO2S. The first-order valence-corrected chi connectivity index (χ1v) is 8.11. The quantitative estimate of drug-likeness (QED) is 0.846. The molecule has 0 aromatic heterocycles. The number of benzene rings is 2. The standard InChI is InChI=1S/C14H8Cl2FNO2S/c15-12-5-4-11(6-13(12)16)21(19,20)8-10-3-1-2-9(7-18)14(10)17/h1-6H,8H2. The van der Waals surface area contributed by atoms with Gasteiger partial charge in [-0.1, -0.05) is 35.3 Å². The average molecular weight is 344 g/mol. The molecule has 7 heteroatoms. The Morgan fingerprint density at radius 1 is 1.14 bits per heavy atom. The van der Waals surface area contributed by atoms with E-state index in [1.165, 1.54) is 36.4 Å². The Bertz CT molecular complexity index is 845. The third-order valence-corrected chi connectivity index (χ3v) is 5.20. The van der Waals surface area contributed by atoms with Gasteiger partial charge in [0, 0.05) is 5.56 Å². The first kappa shape index (κ1) is 15.8. The van der Waals surface area contributed by atoms with Gasteiger partial charge in [-0.05, 0) is 24.3 Å². The summed E-state index contributed by atoms with van der Waals surface area (Å²) in [6.07, 6.45) is 0. The van der Waals surface area contributed by atoms with Gasteiger partial charge in [0.25, 0.3) is 0 Å². The van der Waals surface area contributed by atoms with Crippen molar-refractivity contribution in [3.8, 4) is 6.07 Å². The molecule has 2 aromatic carbocycles. The molecule has 108 valence electrons. The van der Waals surface area contributed by atoms with E-state index in [1.807, 2.05) is 0 Å². The van der Waals surface area contributed by atoms with Crippen LogP contribution in [-0.2, 0) is 15.6 Å². The predicted octanol–water partition coefficient (Wildman–Crippen LogP) is 3.98. The molecular weight excluding hydrogens is 336 g/mol. The molecule has 2 aromatic rings. The number of rotatable bonds is 3. The Labute approximate surface area is 131 Å². The minimum Gasteiger partial charge on any atom is -0.223 e. The lowest BCUT2D eigenvalue weighted by Crippen LogP contribution is -2.07. The molecule has 21 heavy (non-hydrogen) atoms. The summed E-state index contributed by atoms with van der Waals surface area (Å²) in [4.78, 5) is -0.0568. The monoisotopic (exact) mass is 343 g/mol. The van der Waals surface area contributed by atoms with Crippen molar-refractivity contribution in [3.63, 3.8) is 0 Å². The average Bonchev–Trinajstić information content (AvgIpc) is 2.44. The van der Waals surface area contributed by atoms with Crippen LogP contribution in [0.3, 0.4) is 0 Å². The van der Waals surface area contributed by atoms with Gasteiger partial charge in [0.15, 0.2) is 9.84 Å². The van der Waals surface area contributed by atoms with E-state index in [0.29, 0.717) is 0 Å². The number of nitrogens with zero attached hydrogens (tertiary/aromatic N) is 1. The molecule has 0 atom stereocenters. The van der Waals surface area contributed by atoms with E-state index >= 15 is 0 Å². The SMILES string of the molecule is N#Cc1cccc(CS(=O)(=O)c2ccc(Cl)c(Cl)c2)c1F. The molecule has 0 saturated carbocycles. The van der Waals surface area contributed by atoms with Gasteiger partial charge < -0.3 is 0 Å². The second-order valence-electron chi connectivity index (χ2n) is 4.23. The van der Waals surface area contributed by atoms with E-state index in [2.05, 4.69) is 0 Å². The highest BCUT2D eigenvalue weighted by Crippen LogP contribution is 2.27. The first-order valence-electron chi connectivity index (χ1n) is 5.70. The zero-order valence-corrected chi connectivity index (χ0v) is 12.8. The minimum absolute atomic E-state index is 0.0568. The van der Waals surface area contributed by atoms with Crippen molar-refractivity contribution >= 4 is 33.0 Å². The fraction of sp³-hybridized carbons (Fsp3) is 0.0714. The Balaban J connectivity index is 2.43. The van der Waals surface area contributed by atoms with Gasteiger partial charge in [0.2, 0.25) is 0 Å². The lowest BCUT2D eigenvalue weighted by atomic mass is 10.1. The molecule has 3 nitrogen and oxygen atoms in total. The van der Waals surface area contributed by atoms with Crippen LogP contribution in [0.15, 0.2) is 41.3 Å². The fourth-order valence-electron chi connectivity index (χ4n) is 1.74. The maximum atomic E-state index is 13.9. The summed E-state index contributed by atoms with van der Waals surface area (Å²) in [5, 5.41) is 9.08. The van der Waals surface area contributed by atoms with Crippen molar-refractivity contribution in [1.29, 1.82) is 5.26 Å². The second kappa shape index (κ2) is 6.02. The summed E-state index contributed by atoms with van der Waals surface area (Å²) >= 11 is 11.5. The maximum absolute atomic E-state index is 13.9. The third-order valence-electron chi connectivity index (χ3n) is 2.79. The molecule has 0 aliphatic heterocycles. The molecule has 0 fully saturated rings. The van der Waals surface area contributed by atoms with E-state index in [0.717, 1.165) is 0 Å². The van der Waals surface area contributed by atoms with Crippen LogP contribution in [0.25, 0.3) is 0 Å². The van der Waals surface area contributed by atoms with E-state index < -0.39 is 21.4 Å². The number of hydrogen-bond donors (Lipinski definition) is 0. The molecule has 0 N–H and O–H groups in total. The number of hydrogen-bond acceptors (Lipinski definition) is 3. The Hall–Kier alpha value is -1.61. The van der Waals surface area contributed by atoms with Crippen molar-refractivity contribution in [2.45, 2.75) is 10.6 Å². The Morgan fingerprint density at radius 2 is 1.86 bits per heavy atom. The molecule has 0 spiro atoms. The van der Waals surface area contributed by atoms with Crippen LogP contribution < -0.4 is 0 Å². The predicted molar refractivity (Wildman–Crippen MR) is 78.5 cm³/mol. The Kier molecular flexibility index (Phi) is 4.52. The molecule has 0 radical (unpaired) electrons. The van der Waals surface area contributed by atoms with Gasteiger partial charge in [-0.2, -0.15) is 5.26 Å². The van der Waals surface area contributed by atoms with E-state index in [1.54, 1.807) is 6.07 Å². The van der Waals surface area contributed by atoms with Crippen molar-refractivity contribution in [2.24, 2.45) is 0 Å². The highest BCUT2D eigenvalue weighted by Gasteiger charge is 2.20. The largest absolute Gasteiger partial charge is 0.223 e. The molecule has 0 aliphatic carbocycles. The number of halogens is 3. The van der Waals surface area contributed by atoms with E-state index in [-0.39, 0.29) is 26.1 Å². The van der Waals surface area contributed by atoms with Crippen molar-refractivity contribution in [1.82, 2.24) is 0 Å². The van der Waals surface area contributed by atoms with Gasteiger partial charge in [0.05, 0.1) is 26.3 Å². The van der Waals surface area contributed by atoms with Gasteiger partial charge >= 0.3 is 0 Å². The zero-order valence-electron chi connectivity index (χ0n) is 10.5. The van der Waals surface area contributed by atoms with E-state index in [9.17, 15) is 12.8 Å². The molecule has 2 rings (SSSR count). The highest BCUT2D eigenvalue weighted by atomic mass is 35.5. The van der Waals surface area contributed by atoms with Crippen LogP contribution in [0.1, 0.15) is 11.1 Å². The molecule has 0 aliphatic rings. The molecule has 0 saturated heterocycles. The van der Waals surface area contributed by atoms with E-state index in [4.69, 9.17) is 28.5 Å². The van der Waals surface area contributed by atoms with Crippen LogP contribution in [-0.4, -0.2) is 8.42 Å². The van der Waals surface area contributed by atoms with Gasteiger partial charge in [0.1, 0.15) is 11.9 Å². The smallest absolute Gasteiger partial charge is 0.182 e. The van der Waals surface area contributed by atoms with Crippen LogP contribution in [0, 0.1) is 17.1 Å². The number of nitriles is 1. The lowest BCUT2D eigenvalue weighted by molar-refractivity contribution is 0.586. The second-order valence-corrected chi connectivity index (χ2v) is 7.03. The summed E-state index contributed by atoms with van der Waals surface area (Å²) in [6.45, 7) is 0. The summed E-state index contributed by atoms with van der Waals surface area (Å²) in [6, 6.07) is 9.58. The molecule has 0 unspecified atom stereocenters. The lowest BCUT2D eigenvalue weighted by Gasteiger charge is -2.07. The van der Waals surface area contributed by atoms with Crippen molar-refractivity contribution in [3.05, 3.63) is 63.4 Å². The molecule has 0 amide bonds. The summed E-state index contributed by atoms with van der Waals surface area (Å²) in [5.41, 5.74) is -0.267. The zero-order chi connectivity index (χ0) is 15.6. The van der Waals surface area contributed by atoms with Gasteiger partial charge in [-0.15, -0.1) is 0 Å². The van der Waals surface area contributed by atoms with Crippen LogP contribution in [0.2, 0.25) is 10.0 Å². The minimum atomic E-state index is -3.79. The van der Waals surface area contributed by atoms with Gasteiger partial charge in [-0.25, -0.2) is 12.8 Å². The fourth-order valence-corrected chi connectivity index (χ4v) is 3.47. The highest BCUT2D eigenvalue weighted by molar-refractivity contribution is 7.90. The van der Waals surface area contributed by atoms with Crippen LogP contribution >= 0.6 is 23.2 Å². The van der Waals surface area contributed by atoms with Crippen molar-refractivity contribution < 1.29 is 12.8 Å². The Morgan fingerprint density at radius 3 is 2.48 bits per heavy atom. The summed E-state index contributed by atoms with van der Waals surface area (Å²) in [7, 11) is -3.79. The van der Waals surface area contributed by atoms with Gasteiger partial charge in [-0.3, -0.25) is 0 Å². The van der Waals surface area contributed by atoms with Crippen molar-refractivity contribution in [2.75, 3.05) is 0 Å². The first-order chi connectivity index (χ1) is 9.85.